The van der Waals surface area contributed by atoms with E-state index in [2.05, 4.69) is 15.3 Å². The Morgan fingerprint density at radius 2 is 2.26 bits per heavy atom. The van der Waals surface area contributed by atoms with Gasteiger partial charge in [-0.1, -0.05) is 0 Å². The number of carbonyl (C=O) groups excluding carboxylic acids is 1. The Hall–Kier alpha value is -2.48. The molecule has 19 heavy (non-hydrogen) atoms. The number of nitrogens with zero attached hydrogens (tertiary/aromatic N) is 1. The van der Waals surface area contributed by atoms with Crippen molar-refractivity contribution in [2.24, 2.45) is 0 Å². The third-order valence-electron chi connectivity index (χ3n) is 2.23. The molecule has 0 bridgehead atoms. The standard InChI is InChI=1S/C11H9N3O4S/c15-9-6(2-1-3-12-9)10(16)13-4-8-14-7(5-19-8)11(17)18/h1-3,5H,4H2,(H,12,15)(H,13,16)(H,17,18). The van der Waals surface area contributed by atoms with Crippen LogP contribution in [0, 0.1) is 0 Å². The lowest BCUT2D eigenvalue weighted by Gasteiger charge is -2.01. The van der Waals surface area contributed by atoms with Gasteiger partial charge in [-0.2, -0.15) is 0 Å². The number of amides is 1. The summed E-state index contributed by atoms with van der Waals surface area (Å²) < 4.78 is 0. The molecule has 98 valence electrons. The summed E-state index contributed by atoms with van der Waals surface area (Å²) >= 11 is 1.13. The van der Waals surface area contributed by atoms with Gasteiger partial charge in [-0.05, 0) is 12.1 Å². The lowest BCUT2D eigenvalue weighted by Crippen LogP contribution is -2.28. The number of hydrogen-bond donors (Lipinski definition) is 3. The third-order valence-corrected chi connectivity index (χ3v) is 3.08. The number of pyridine rings is 1. The first kappa shape index (κ1) is 13.0. The van der Waals surface area contributed by atoms with Crippen molar-refractivity contribution < 1.29 is 14.7 Å². The van der Waals surface area contributed by atoms with Crippen molar-refractivity contribution in [3.05, 3.63) is 50.3 Å². The van der Waals surface area contributed by atoms with Crippen molar-refractivity contribution in [3.8, 4) is 0 Å². The van der Waals surface area contributed by atoms with Gasteiger partial charge in [-0.25, -0.2) is 9.78 Å². The SMILES string of the molecule is O=C(O)c1csc(CNC(=O)c2ccc[nH]c2=O)n1. The number of H-pyrrole nitrogens is 1. The Balaban J connectivity index is 2.02. The summed E-state index contributed by atoms with van der Waals surface area (Å²) in [6.45, 7) is 0.0745. The second-order valence-electron chi connectivity index (χ2n) is 3.53. The van der Waals surface area contributed by atoms with E-state index < -0.39 is 17.4 Å². The van der Waals surface area contributed by atoms with Crippen molar-refractivity contribution in [1.82, 2.24) is 15.3 Å². The first-order chi connectivity index (χ1) is 9.08. The van der Waals surface area contributed by atoms with E-state index in [0.29, 0.717) is 5.01 Å². The predicted molar refractivity (Wildman–Crippen MR) is 67.3 cm³/mol. The van der Waals surface area contributed by atoms with Gasteiger partial charge in [0.25, 0.3) is 11.5 Å². The second kappa shape index (κ2) is 5.44. The summed E-state index contributed by atoms with van der Waals surface area (Å²) in [5.74, 6) is -1.65. The highest BCUT2D eigenvalue weighted by Gasteiger charge is 2.12. The van der Waals surface area contributed by atoms with Crippen molar-refractivity contribution >= 4 is 23.2 Å². The number of carboxylic acid groups (broad SMARTS) is 1. The number of aromatic amines is 1. The van der Waals surface area contributed by atoms with E-state index in [4.69, 9.17) is 5.11 Å². The van der Waals surface area contributed by atoms with Crippen LogP contribution in [0.3, 0.4) is 0 Å². The molecule has 0 fully saturated rings. The van der Waals surface area contributed by atoms with E-state index >= 15 is 0 Å². The second-order valence-corrected chi connectivity index (χ2v) is 4.47. The van der Waals surface area contributed by atoms with Crippen LogP contribution in [0.1, 0.15) is 25.9 Å². The molecule has 2 rings (SSSR count). The molecule has 0 unspecified atom stereocenters. The fourth-order valence-electron chi connectivity index (χ4n) is 1.34. The van der Waals surface area contributed by atoms with E-state index in [1.54, 1.807) is 6.07 Å². The Kier molecular flexibility index (Phi) is 3.71. The molecule has 2 aromatic heterocycles. The number of nitrogens with one attached hydrogen (secondary N) is 2. The molecule has 0 saturated heterocycles. The summed E-state index contributed by atoms with van der Waals surface area (Å²) in [5.41, 5.74) is -0.547. The largest absolute Gasteiger partial charge is 0.476 e. The van der Waals surface area contributed by atoms with Gasteiger partial charge in [0.1, 0.15) is 10.6 Å². The van der Waals surface area contributed by atoms with Gasteiger partial charge in [0.05, 0.1) is 6.54 Å². The lowest BCUT2D eigenvalue weighted by molar-refractivity contribution is 0.0691. The van der Waals surface area contributed by atoms with Gasteiger partial charge in [-0.3, -0.25) is 9.59 Å². The van der Waals surface area contributed by atoms with Gasteiger partial charge < -0.3 is 15.4 Å². The molecule has 0 aliphatic rings. The average molecular weight is 279 g/mol. The molecule has 7 nitrogen and oxygen atoms in total. The third kappa shape index (κ3) is 3.05. The molecular weight excluding hydrogens is 270 g/mol. The zero-order chi connectivity index (χ0) is 13.8. The summed E-state index contributed by atoms with van der Waals surface area (Å²) in [5, 5.41) is 13.1. The van der Waals surface area contributed by atoms with Crippen molar-refractivity contribution in [1.29, 1.82) is 0 Å². The van der Waals surface area contributed by atoms with E-state index in [1.165, 1.54) is 17.6 Å². The Morgan fingerprint density at radius 1 is 1.47 bits per heavy atom. The number of carboxylic acids is 1. The molecule has 0 radical (unpaired) electrons. The minimum Gasteiger partial charge on any atom is -0.476 e. The maximum atomic E-state index is 11.7. The maximum Gasteiger partial charge on any atom is 0.355 e. The van der Waals surface area contributed by atoms with E-state index in [0.717, 1.165) is 11.3 Å². The summed E-state index contributed by atoms with van der Waals surface area (Å²) in [6, 6.07) is 2.95. The molecule has 2 heterocycles. The molecule has 1 amide bonds. The maximum absolute atomic E-state index is 11.7. The quantitative estimate of drug-likeness (QED) is 0.752. The highest BCUT2D eigenvalue weighted by molar-refractivity contribution is 7.09. The summed E-state index contributed by atoms with van der Waals surface area (Å²) in [7, 11) is 0. The van der Waals surface area contributed by atoms with Crippen molar-refractivity contribution in [2.45, 2.75) is 6.54 Å². The van der Waals surface area contributed by atoms with Crippen LogP contribution in [0.15, 0.2) is 28.5 Å². The van der Waals surface area contributed by atoms with Crippen molar-refractivity contribution in [3.63, 3.8) is 0 Å². The highest BCUT2D eigenvalue weighted by atomic mass is 32.1. The van der Waals surface area contributed by atoms with Gasteiger partial charge in [-0.15, -0.1) is 11.3 Å². The van der Waals surface area contributed by atoms with Crippen LogP contribution in [0.2, 0.25) is 0 Å². The van der Waals surface area contributed by atoms with E-state index in [9.17, 15) is 14.4 Å². The van der Waals surface area contributed by atoms with E-state index in [-0.39, 0.29) is 17.8 Å². The topological polar surface area (TPSA) is 112 Å². The number of aromatic nitrogens is 2. The fraction of sp³-hybridized carbons (Fsp3) is 0.0909. The molecule has 0 spiro atoms. The Morgan fingerprint density at radius 3 is 2.89 bits per heavy atom. The van der Waals surface area contributed by atoms with Gasteiger partial charge in [0, 0.05) is 11.6 Å². The van der Waals surface area contributed by atoms with Crippen LogP contribution in [0.5, 0.6) is 0 Å². The van der Waals surface area contributed by atoms with Crippen molar-refractivity contribution in [2.75, 3.05) is 0 Å². The molecule has 0 aliphatic carbocycles. The molecule has 3 N–H and O–H groups in total. The van der Waals surface area contributed by atoms with Crippen LogP contribution < -0.4 is 10.9 Å². The van der Waals surface area contributed by atoms with Crippen LogP contribution >= 0.6 is 11.3 Å². The molecular formula is C11H9N3O4S. The fourth-order valence-corrected chi connectivity index (χ4v) is 2.05. The number of carbonyl (C=O) groups is 2. The van der Waals surface area contributed by atoms with Crippen LogP contribution in [-0.4, -0.2) is 27.0 Å². The first-order valence-electron chi connectivity index (χ1n) is 5.21. The zero-order valence-corrected chi connectivity index (χ0v) is 10.4. The number of rotatable bonds is 4. The minimum atomic E-state index is -1.12. The monoisotopic (exact) mass is 279 g/mol. The molecule has 8 heteroatoms. The van der Waals surface area contributed by atoms with Gasteiger partial charge in [0.2, 0.25) is 0 Å². The van der Waals surface area contributed by atoms with Crippen LogP contribution in [0.4, 0.5) is 0 Å². The highest BCUT2D eigenvalue weighted by Crippen LogP contribution is 2.09. The summed E-state index contributed by atoms with van der Waals surface area (Å²) in [6.07, 6.45) is 1.43. The smallest absolute Gasteiger partial charge is 0.355 e. The minimum absolute atomic E-state index is 0.00230. The molecule has 0 aromatic carbocycles. The van der Waals surface area contributed by atoms with E-state index in [1.807, 2.05) is 0 Å². The number of aromatic carboxylic acids is 1. The molecule has 2 aromatic rings. The molecule has 0 aliphatic heterocycles. The normalized spacial score (nSPS) is 10.1. The number of thiazole rings is 1. The van der Waals surface area contributed by atoms with Gasteiger partial charge in [0.15, 0.2) is 5.69 Å². The lowest BCUT2D eigenvalue weighted by atomic mass is 10.2. The summed E-state index contributed by atoms with van der Waals surface area (Å²) in [4.78, 5) is 39.9. The van der Waals surface area contributed by atoms with Crippen LogP contribution in [-0.2, 0) is 6.54 Å². The number of hydrogen-bond acceptors (Lipinski definition) is 5. The molecule has 0 atom stereocenters. The predicted octanol–water partition coefficient (Wildman–Crippen LogP) is 0.460. The zero-order valence-electron chi connectivity index (χ0n) is 9.54. The Bertz CT molecular complexity index is 676. The average Bonchev–Trinajstić information content (AvgIpc) is 2.85. The van der Waals surface area contributed by atoms with Crippen LogP contribution in [0.25, 0.3) is 0 Å². The first-order valence-corrected chi connectivity index (χ1v) is 6.09. The molecule has 0 saturated carbocycles. The van der Waals surface area contributed by atoms with Gasteiger partial charge >= 0.3 is 5.97 Å². The Labute approximate surface area is 110 Å².